The molecule has 3 N–H and O–H groups in total. The Morgan fingerprint density at radius 1 is 1.24 bits per heavy atom. The van der Waals surface area contributed by atoms with Crippen LogP contribution in [0.15, 0.2) is 18.2 Å². The Labute approximate surface area is 102 Å². The van der Waals surface area contributed by atoms with Gasteiger partial charge in [-0.25, -0.2) is 0 Å². The number of nitrogens with two attached hydrogens (primary N) is 1. The van der Waals surface area contributed by atoms with E-state index in [2.05, 4.69) is 19.2 Å². The number of hydrogen-bond donors (Lipinski definition) is 2. The van der Waals surface area contributed by atoms with Crippen LogP contribution in [-0.2, 0) is 6.54 Å². The normalized spacial score (nSPS) is 14.8. The number of nitrogens with one attached hydrogen (secondary N) is 1. The van der Waals surface area contributed by atoms with E-state index in [-0.39, 0.29) is 5.54 Å². The first-order chi connectivity index (χ1) is 8.11. The van der Waals surface area contributed by atoms with Crippen LogP contribution in [0.4, 0.5) is 0 Å². The van der Waals surface area contributed by atoms with Crippen molar-refractivity contribution >= 4 is 0 Å². The smallest absolute Gasteiger partial charge is 0.161 e. The molecule has 0 amide bonds. The zero-order chi connectivity index (χ0) is 12.3. The molecule has 0 unspecified atom stereocenters. The van der Waals surface area contributed by atoms with E-state index < -0.39 is 0 Å². The molecule has 0 bridgehead atoms. The zero-order valence-corrected chi connectivity index (χ0v) is 10.5. The lowest BCUT2D eigenvalue weighted by molar-refractivity contribution is 0.171. The molecule has 1 aliphatic heterocycles. The van der Waals surface area contributed by atoms with Crippen molar-refractivity contribution < 1.29 is 9.47 Å². The third-order valence-corrected chi connectivity index (χ3v) is 2.89. The van der Waals surface area contributed by atoms with E-state index in [0.29, 0.717) is 19.8 Å². The highest BCUT2D eigenvalue weighted by atomic mass is 16.6. The Balaban J connectivity index is 2.02. The van der Waals surface area contributed by atoms with Crippen molar-refractivity contribution in [2.45, 2.75) is 25.9 Å². The van der Waals surface area contributed by atoms with Crippen LogP contribution in [0.25, 0.3) is 0 Å². The van der Waals surface area contributed by atoms with Gasteiger partial charge in [0, 0.05) is 18.6 Å². The fourth-order valence-corrected chi connectivity index (χ4v) is 1.61. The molecule has 0 saturated carbocycles. The quantitative estimate of drug-likeness (QED) is 0.827. The van der Waals surface area contributed by atoms with E-state index in [1.165, 1.54) is 5.56 Å². The number of benzene rings is 1. The van der Waals surface area contributed by atoms with Crippen molar-refractivity contribution in [3.05, 3.63) is 23.8 Å². The summed E-state index contributed by atoms with van der Waals surface area (Å²) >= 11 is 0. The topological polar surface area (TPSA) is 56.5 Å². The van der Waals surface area contributed by atoms with Crippen molar-refractivity contribution in [3.63, 3.8) is 0 Å². The monoisotopic (exact) mass is 236 g/mol. The summed E-state index contributed by atoms with van der Waals surface area (Å²) in [4.78, 5) is 0. The number of rotatable bonds is 4. The van der Waals surface area contributed by atoms with Gasteiger partial charge in [0.15, 0.2) is 11.5 Å². The predicted octanol–water partition coefficient (Wildman–Crippen LogP) is 1.28. The van der Waals surface area contributed by atoms with Crippen molar-refractivity contribution in [2.75, 3.05) is 19.8 Å². The second-order valence-corrected chi connectivity index (χ2v) is 4.92. The van der Waals surface area contributed by atoms with Gasteiger partial charge in [-0.3, -0.25) is 0 Å². The minimum Gasteiger partial charge on any atom is -0.486 e. The maximum atomic E-state index is 5.67. The van der Waals surface area contributed by atoms with Crippen LogP contribution in [0, 0.1) is 0 Å². The highest BCUT2D eigenvalue weighted by Gasteiger charge is 2.15. The fourth-order valence-electron chi connectivity index (χ4n) is 1.61. The van der Waals surface area contributed by atoms with Gasteiger partial charge in [0.1, 0.15) is 13.2 Å². The summed E-state index contributed by atoms with van der Waals surface area (Å²) in [6.45, 7) is 6.82. The summed E-state index contributed by atoms with van der Waals surface area (Å²) in [5.41, 5.74) is 6.80. The lowest BCUT2D eigenvalue weighted by atomic mass is 10.1. The summed E-state index contributed by atoms with van der Waals surface area (Å²) in [5, 5.41) is 3.41. The molecule has 2 rings (SSSR count). The van der Waals surface area contributed by atoms with E-state index in [1.54, 1.807) is 0 Å². The standard InChI is InChI=1S/C13H20N2O2/c1-13(2,9-14)15-8-10-3-4-11-12(7-10)17-6-5-16-11/h3-4,7,15H,5-6,8-9,14H2,1-2H3. The molecule has 1 heterocycles. The molecule has 0 fully saturated rings. The van der Waals surface area contributed by atoms with Gasteiger partial charge >= 0.3 is 0 Å². The SMILES string of the molecule is CC(C)(CN)NCc1ccc2c(c1)OCCO2. The van der Waals surface area contributed by atoms with Gasteiger partial charge in [-0.15, -0.1) is 0 Å². The first-order valence-corrected chi connectivity index (χ1v) is 5.94. The van der Waals surface area contributed by atoms with Gasteiger partial charge in [0.2, 0.25) is 0 Å². The van der Waals surface area contributed by atoms with Crippen molar-refractivity contribution in [1.82, 2.24) is 5.32 Å². The lowest BCUT2D eigenvalue weighted by Gasteiger charge is -2.25. The Bertz CT molecular complexity index is 391. The molecule has 0 saturated heterocycles. The van der Waals surface area contributed by atoms with Crippen LogP contribution in [0.5, 0.6) is 11.5 Å². The molecule has 4 nitrogen and oxygen atoms in total. The summed E-state index contributed by atoms with van der Waals surface area (Å²) in [5.74, 6) is 1.67. The maximum Gasteiger partial charge on any atom is 0.161 e. The third-order valence-electron chi connectivity index (χ3n) is 2.89. The Kier molecular flexibility index (Phi) is 3.54. The second kappa shape index (κ2) is 4.94. The second-order valence-electron chi connectivity index (χ2n) is 4.92. The van der Waals surface area contributed by atoms with Crippen LogP contribution in [-0.4, -0.2) is 25.3 Å². The van der Waals surface area contributed by atoms with Gasteiger partial charge < -0.3 is 20.5 Å². The summed E-state index contributed by atoms with van der Waals surface area (Å²) in [6.07, 6.45) is 0. The van der Waals surface area contributed by atoms with Gasteiger partial charge in [-0.05, 0) is 31.5 Å². The summed E-state index contributed by atoms with van der Waals surface area (Å²) < 4.78 is 11.0. The van der Waals surface area contributed by atoms with Gasteiger partial charge in [-0.1, -0.05) is 6.07 Å². The number of ether oxygens (including phenoxy) is 2. The van der Waals surface area contributed by atoms with Crippen LogP contribution in [0.1, 0.15) is 19.4 Å². The van der Waals surface area contributed by atoms with E-state index in [4.69, 9.17) is 15.2 Å². The minimum absolute atomic E-state index is 0.0484. The largest absolute Gasteiger partial charge is 0.486 e. The molecule has 0 aliphatic carbocycles. The molecular weight excluding hydrogens is 216 g/mol. The predicted molar refractivity (Wildman–Crippen MR) is 67.4 cm³/mol. The molecule has 1 aromatic rings. The lowest BCUT2D eigenvalue weighted by Crippen LogP contribution is -2.45. The minimum atomic E-state index is -0.0484. The Morgan fingerprint density at radius 3 is 2.65 bits per heavy atom. The highest BCUT2D eigenvalue weighted by Crippen LogP contribution is 2.30. The molecule has 0 spiro atoms. The summed E-state index contributed by atoms with van der Waals surface area (Å²) in [7, 11) is 0. The van der Waals surface area contributed by atoms with Crippen molar-refractivity contribution in [1.29, 1.82) is 0 Å². The van der Waals surface area contributed by atoms with Crippen LogP contribution in [0.3, 0.4) is 0 Å². The van der Waals surface area contributed by atoms with Gasteiger partial charge in [-0.2, -0.15) is 0 Å². The fraction of sp³-hybridized carbons (Fsp3) is 0.538. The van der Waals surface area contributed by atoms with Gasteiger partial charge in [0.05, 0.1) is 0 Å². The van der Waals surface area contributed by atoms with E-state index in [9.17, 15) is 0 Å². The summed E-state index contributed by atoms with van der Waals surface area (Å²) in [6, 6.07) is 6.03. The van der Waals surface area contributed by atoms with Crippen molar-refractivity contribution in [3.8, 4) is 11.5 Å². The molecule has 17 heavy (non-hydrogen) atoms. The Hall–Kier alpha value is -1.26. The van der Waals surface area contributed by atoms with Crippen LogP contribution in [0.2, 0.25) is 0 Å². The molecule has 4 heteroatoms. The van der Waals surface area contributed by atoms with Gasteiger partial charge in [0.25, 0.3) is 0 Å². The molecule has 1 aliphatic rings. The van der Waals surface area contributed by atoms with Crippen LogP contribution >= 0.6 is 0 Å². The molecular formula is C13H20N2O2. The zero-order valence-electron chi connectivity index (χ0n) is 10.5. The number of hydrogen-bond acceptors (Lipinski definition) is 4. The first kappa shape index (κ1) is 12.2. The first-order valence-electron chi connectivity index (χ1n) is 5.94. The molecule has 0 atom stereocenters. The molecule has 94 valence electrons. The molecule has 0 radical (unpaired) electrons. The maximum absolute atomic E-state index is 5.67. The van der Waals surface area contributed by atoms with E-state index in [1.807, 2.05) is 18.2 Å². The highest BCUT2D eigenvalue weighted by molar-refractivity contribution is 5.43. The van der Waals surface area contributed by atoms with Crippen LogP contribution < -0.4 is 20.5 Å². The molecule has 1 aromatic carbocycles. The van der Waals surface area contributed by atoms with E-state index in [0.717, 1.165) is 18.0 Å². The molecule has 0 aromatic heterocycles. The van der Waals surface area contributed by atoms with Crippen molar-refractivity contribution in [2.24, 2.45) is 5.73 Å². The third kappa shape index (κ3) is 3.11. The average Bonchev–Trinajstić information content (AvgIpc) is 2.36. The van der Waals surface area contributed by atoms with E-state index >= 15 is 0 Å². The Morgan fingerprint density at radius 2 is 1.94 bits per heavy atom. The number of fused-ring (bicyclic) bond motifs is 1. The average molecular weight is 236 g/mol.